The molecule has 1 saturated heterocycles. The van der Waals surface area contributed by atoms with Gasteiger partial charge in [-0.1, -0.05) is 0 Å². The maximum atomic E-state index is 14.8. The van der Waals surface area contributed by atoms with Crippen LogP contribution in [0.25, 0.3) is 27.8 Å². The maximum absolute atomic E-state index is 14.8. The number of aryl methyl sites for hydroxylation is 1. The number of fused-ring (bicyclic) bond motifs is 1. The molecule has 1 aromatic carbocycles. The average molecular weight is 741 g/mol. The SMILES string of the molecule is Cn1cc(-n2cc(-c3ccc(C(=O)NC4(C(=O)O)C5CC6CC(C5)CC4C6)c(C(F)(F)F)n3)c3ccc(OC4CCN(c5ncccn5)CC4)cc32)cn1. The van der Waals surface area contributed by atoms with Crippen LogP contribution in [0.5, 0.6) is 5.75 Å². The molecule has 4 aliphatic carbocycles. The van der Waals surface area contributed by atoms with Gasteiger partial charge in [0.2, 0.25) is 5.95 Å². The van der Waals surface area contributed by atoms with Crippen LogP contribution in [0.4, 0.5) is 19.1 Å². The van der Waals surface area contributed by atoms with E-state index in [0.717, 1.165) is 38.4 Å². The van der Waals surface area contributed by atoms with Crippen LogP contribution in [-0.2, 0) is 18.0 Å². The maximum Gasteiger partial charge on any atom is 0.434 e. The van der Waals surface area contributed by atoms with Crippen molar-refractivity contribution in [1.82, 2.24) is 34.6 Å². The fraction of sp³-hybridized carbons (Fsp3) is 0.436. The summed E-state index contributed by atoms with van der Waals surface area (Å²) in [5, 5.41) is 18.1. The highest BCUT2D eigenvalue weighted by Crippen LogP contribution is 2.58. The Hall–Kier alpha value is -5.47. The molecule has 2 N–H and O–H groups in total. The number of anilines is 1. The Labute approximate surface area is 308 Å². The first-order chi connectivity index (χ1) is 26.0. The number of aromatic nitrogens is 6. The van der Waals surface area contributed by atoms with E-state index in [1.807, 2.05) is 10.6 Å². The van der Waals surface area contributed by atoms with Crippen molar-refractivity contribution in [2.45, 2.75) is 62.8 Å². The summed E-state index contributed by atoms with van der Waals surface area (Å²) in [4.78, 5) is 41.6. The molecule has 10 rings (SSSR count). The molecular formula is C39H39F3N8O4. The van der Waals surface area contributed by atoms with Crippen molar-refractivity contribution < 1.29 is 32.6 Å². The number of alkyl halides is 3. The molecule has 0 unspecified atom stereocenters. The molecule has 4 bridgehead atoms. The number of halogens is 3. The topological polar surface area (TPSA) is 140 Å². The normalized spacial score (nSPS) is 25.3. The smallest absolute Gasteiger partial charge is 0.434 e. The third-order valence-corrected chi connectivity index (χ3v) is 12.1. The first-order valence-electron chi connectivity index (χ1n) is 18.4. The molecule has 1 aliphatic heterocycles. The molecule has 12 nitrogen and oxygen atoms in total. The molecule has 1 amide bonds. The van der Waals surface area contributed by atoms with E-state index in [2.05, 4.69) is 30.3 Å². The number of hydrogen-bond acceptors (Lipinski definition) is 8. The van der Waals surface area contributed by atoms with E-state index >= 15 is 0 Å². The number of nitrogens with one attached hydrogen (secondary N) is 1. The summed E-state index contributed by atoms with van der Waals surface area (Å²) in [6, 6.07) is 9.76. The van der Waals surface area contributed by atoms with E-state index < -0.39 is 34.8 Å². The number of carbonyl (C=O) groups excluding carboxylic acids is 1. The molecule has 0 atom stereocenters. The molecule has 4 saturated carbocycles. The van der Waals surface area contributed by atoms with Gasteiger partial charge in [0.1, 0.15) is 17.4 Å². The van der Waals surface area contributed by atoms with Gasteiger partial charge in [-0.25, -0.2) is 19.7 Å². The minimum atomic E-state index is -4.99. The molecule has 54 heavy (non-hydrogen) atoms. The highest BCUT2D eigenvalue weighted by molar-refractivity contribution is 6.01. The van der Waals surface area contributed by atoms with Gasteiger partial charge >= 0.3 is 12.1 Å². The van der Waals surface area contributed by atoms with Gasteiger partial charge < -0.3 is 24.6 Å². The number of aliphatic carboxylic acids is 1. The fourth-order valence-corrected chi connectivity index (χ4v) is 9.85. The second-order valence-electron chi connectivity index (χ2n) is 15.3. The van der Waals surface area contributed by atoms with E-state index in [0.29, 0.717) is 71.4 Å². The summed E-state index contributed by atoms with van der Waals surface area (Å²) in [6.45, 7) is 1.46. The zero-order valence-corrected chi connectivity index (χ0v) is 29.5. The molecule has 0 radical (unpaired) electrons. The Kier molecular flexibility index (Phi) is 8.16. The molecule has 15 heteroatoms. The number of nitrogens with zero attached hydrogens (tertiary/aromatic N) is 7. The summed E-state index contributed by atoms with van der Waals surface area (Å²) in [5.74, 6) is -0.800. The molecule has 280 valence electrons. The third-order valence-electron chi connectivity index (χ3n) is 12.1. The summed E-state index contributed by atoms with van der Waals surface area (Å²) < 4.78 is 54.3. The van der Waals surface area contributed by atoms with Crippen LogP contribution in [0, 0.1) is 23.7 Å². The van der Waals surface area contributed by atoms with Crippen molar-refractivity contribution in [2.24, 2.45) is 30.7 Å². The number of carboxylic acids is 1. The van der Waals surface area contributed by atoms with Crippen LogP contribution in [0.15, 0.2) is 67.4 Å². The third kappa shape index (κ3) is 5.84. The summed E-state index contributed by atoms with van der Waals surface area (Å²) in [5.41, 5.74) is -1.88. The summed E-state index contributed by atoms with van der Waals surface area (Å²) in [7, 11) is 1.77. The standard InChI is InChI=1S/C39H39F3N8O4/c1-48-20-26(19-45-48)50-21-31(29-4-3-28(18-33(29)50)54-27-7-11-49(12-8-27)37-43-9-2-10-44-37)32-6-5-30(34(46-32)39(40,41)42)35(51)47-38(36(52)53)24-14-22-13-23(16-24)17-25(38)15-22/h2-6,9-10,18-25,27H,7-8,11-17H2,1H3,(H,47,51)(H,52,53). The Morgan fingerprint density at radius 1 is 0.963 bits per heavy atom. The number of carboxylic acid groups (broad SMARTS) is 1. The van der Waals surface area contributed by atoms with Gasteiger partial charge in [-0.15, -0.1) is 0 Å². The molecule has 5 fully saturated rings. The number of piperidine rings is 1. The van der Waals surface area contributed by atoms with E-state index in [9.17, 15) is 27.9 Å². The van der Waals surface area contributed by atoms with Crippen molar-refractivity contribution in [1.29, 1.82) is 0 Å². The molecule has 5 aromatic rings. The van der Waals surface area contributed by atoms with Crippen molar-refractivity contribution in [2.75, 3.05) is 18.0 Å². The lowest BCUT2D eigenvalue weighted by Gasteiger charge is -2.59. The van der Waals surface area contributed by atoms with Crippen LogP contribution >= 0.6 is 0 Å². The Morgan fingerprint density at radius 3 is 2.30 bits per heavy atom. The summed E-state index contributed by atoms with van der Waals surface area (Å²) >= 11 is 0. The van der Waals surface area contributed by atoms with Gasteiger partial charge in [-0.3, -0.25) is 9.48 Å². The van der Waals surface area contributed by atoms with Gasteiger partial charge in [0.25, 0.3) is 5.91 Å². The lowest BCUT2D eigenvalue weighted by molar-refractivity contribution is -0.163. The van der Waals surface area contributed by atoms with Crippen LogP contribution in [-0.4, -0.2) is 71.0 Å². The van der Waals surface area contributed by atoms with Crippen LogP contribution in [0.1, 0.15) is 61.0 Å². The average Bonchev–Trinajstić information content (AvgIpc) is 3.76. The zero-order chi connectivity index (χ0) is 37.4. The number of amides is 1. The first kappa shape index (κ1) is 34.3. The van der Waals surface area contributed by atoms with Gasteiger partial charge in [0.05, 0.1) is 28.7 Å². The lowest BCUT2D eigenvalue weighted by Crippen LogP contribution is -2.70. The fourth-order valence-electron chi connectivity index (χ4n) is 9.85. The van der Waals surface area contributed by atoms with Crippen LogP contribution in [0.3, 0.4) is 0 Å². The van der Waals surface area contributed by atoms with Crippen LogP contribution in [0.2, 0.25) is 0 Å². The minimum absolute atomic E-state index is 0.0123. The number of benzene rings is 1. The van der Waals surface area contributed by atoms with E-state index in [4.69, 9.17) is 4.74 Å². The van der Waals surface area contributed by atoms with Crippen molar-refractivity contribution in [3.05, 3.63) is 78.6 Å². The second kappa shape index (κ2) is 12.8. The minimum Gasteiger partial charge on any atom is -0.490 e. The summed E-state index contributed by atoms with van der Waals surface area (Å²) in [6.07, 6.45) is 8.72. The number of carbonyl (C=O) groups is 2. The Bertz CT molecular complexity index is 2220. The van der Waals surface area contributed by atoms with E-state index in [1.165, 1.54) is 6.07 Å². The predicted molar refractivity (Wildman–Crippen MR) is 191 cm³/mol. The number of pyridine rings is 1. The monoisotopic (exact) mass is 740 g/mol. The number of hydrogen-bond donors (Lipinski definition) is 2. The van der Waals surface area contributed by atoms with Gasteiger partial charge in [0.15, 0.2) is 5.69 Å². The molecule has 5 aliphatic rings. The molecular weight excluding hydrogens is 701 g/mol. The highest BCUT2D eigenvalue weighted by atomic mass is 19.4. The second-order valence-corrected chi connectivity index (χ2v) is 15.3. The molecule has 0 spiro atoms. The van der Waals surface area contributed by atoms with Crippen molar-refractivity contribution in [3.8, 4) is 22.7 Å². The van der Waals surface area contributed by atoms with Crippen LogP contribution < -0.4 is 15.0 Å². The van der Waals surface area contributed by atoms with E-state index in [1.54, 1.807) is 60.9 Å². The highest BCUT2D eigenvalue weighted by Gasteiger charge is 2.62. The van der Waals surface area contributed by atoms with Gasteiger partial charge in [-0.2, -0.15) is 18.3 Å². The molecule has 5 heterocycles. The quantitative estimate of drug-likeness (QED) is 0.188. The largest absolute Gasteiger partial charge is 0.490 e. The lowest BCUT2D eigenvalue weighted by atomic mass is 9.48. The van der Waals surface area contributed by atoms with Gasteiger partial charge in [0, 0.05) is 74.8 Å². The number of ether oxygens (including phenoxy) is 1. The predicted octanol–water partition coefficient (Wildman–Crippen LogP) is 6.29. The molecule has 4 aromatic heterocycles. The number of rotatable bonds is 8. The Balaban J connectivity index is 1.04. The van der Waals surface area contributed by atoms with Crippen molar-refractivity contribution in [3.63, 3.8) is 0 Å². The van der Waals surface area contributed by atoms with Gasteiger partial charge in [-0.05, 0) is 86.1 Å². The Morgan fingerprint density at radius 2 is 1.67 bits per heavy atom. The van der Waals surface area contributed by atoms with Crippen molar-refractivity contribution >= 4 is 28.7 Å². The zero-order valence-electron chi connectivity index (χ0n) is 29.5. The van der Waals surface area contributed by atoms with E-state index in [-0.39, 0.29) is 23.6 Å². The first-order valence-corrected chi connectivity index (χ1v) is 18.4.